The molecule has 0 spiro atoms. The minimum absolute atomic E-state index is 0.346. The fraction of sp³-hybridized carbons (Fsp3) is 0.391. The van der Waals surface area contributed by atoms with E-state index in [0.717, 1.165) is 0 Å². The first-order valence-electron chi connectivity index (χ1n) is 9.82. The van der Waals surface area contributed by atoms with Crippen molar-refractivity contribution in [3.8, 4) is 5.75 Å². The molecule has 0 bridgehead atoms. The Balaban J connectivity index is 2.11. The zero-order valence-corrected chi connectivity index (χ0v) is 18.1. The third kappa shape index (κ3) is 7.88. The van der Waals surface area contributed by atoms with Gasteiger partial charge in [0.15, 0.2) is 6.10 Å². The largest absolute Gasteiger partial charge is 0.482 e. The van der Waals surface area contributed by atoms with Gasteiger partial charge in [-0.15, -0.1) is 0 Å². The molecule has 0 saturated heterocycles. The van der Waals surface area contributed by atoms with Crippen molar-refractivity contribution in [1.82, 2.24) is 5.32 Å². The number of amides is 1. The first-order valence-corrected chi connectivity index (χ1v) is 9.82. The van der Waals surface area contributed by atoms with E-state index in [4.69, 9.17) is 14.2 Å². The van der Waals surface area contributed by atoms with Gasteiger partial charge in [0.25, 0.3) is 0 Å². The van der Waals surface area contributed by atoms with E-state index in [1.165, 1.54) is 55.5 Å². The summed E-state index contributed by atoms with van der Waals surface area (Å²) in [6.45, 7) is 8.19. The maximum Gasteiger partial charge on any atom is 0.408 e. The zero-order valence-electron chi connectivity index (χ0n) is 18.1. The van der Waals surface area contributed by atoms with Gasteiger partial charge in [-0.3, -0.25) is 0 Å². The minimum Gasteiger partial charge on any atom is -0.482 e. The molecule has 31 heavy (non-hydrogen) atoms. The van der Waals surface area contributed by atoms with Gasteiger partial charge in [0.1, 0.15) is 35.1 Å². The molecule has 2 rings (SSSR count). The molecule has 0 aliphatic heterocycles. The van der Waals surface area contributed by atoms with Gasteiger partial charge < -0.3 is 19.5 Å². The Labute approximate surface area is 180 Å². The molecule has 3 atom stereocenters. The molecule has 2 aromatic rings. The first kappa shape index (κ1) is 24.1. The van der Waals surface area contributed by atoms with E-state index in [-0.39, 0.29) is 0 Å². The number of carbonyl (C=O) groups excluding carboxylic acids is 2. The second-order valence-electron chi connectivity index (χ2n) is 8.05. The highest BCUT2D eigenvalue weighted by molar-refractivity contribution is 5.81. The fourth-order valence-electron chi connectivity index (χ4n) is 2.64. The molecule has 0 aliphatic carbocycles. The number of hydrogen-bond acceptors (Lipinski definition) is 5. The lowest BCUT2D eigenvalue weighted by atomic mass is 10.0. The second-order valence-corrected chi connectivity index (χ2v) is 8.05. The molecule has 6 nitrogen and oxygen atoms in total. The van der Waals surface area contributed by atoms with Crippen molar-refractivity contribution in [1.29, 1.82) is 0 Å². The summed E-state index contributed by atoms with van der Waals surface area (Å²) in [6, 6.07) is 9.92. The van der Waals surface area contributed by atoms with Crippen LogP contribution in [0.25, 0.3) is 0 Å². The summed E-state index contributed by atoms with van der Waals surface area (Å²) in [5, 5.41) is 2.42. The van der Waals surface area contributed by atoms with E-state index >= 15 is 0 Å². The van der Waals surface area contributed by atoms with Crippen molar-refractivity contribution in [2.24, 2.45) is 0 Å². The van der Waals surface area contributed by atoms with Crippen molar-refractivity contribution < 1.29 is 32.6 Å². The molecule has 0 aliphatic rings. The zero-order chi connectivity index (χ0) is 23.2. The van der Waals surface area contributed by atoms with Crippen LogP contribution < -0.4 is 10.1 Å². The summed E-state index contributed by atoms with van der Waals surface area (Å²) in [5.74, 6) is -1.21. The highest BCUT2D eigenvalue weighted by Crippen LogP contribution is 2.27. The molecule has 1 amide bonds. The standard InChI is InChI=1S/C23H27F2NO5/c1-14(26-22(28)31-23(3,4)5)21(27)29-15(2)20(16-6-8-17(24)9-7-16)30-19-12-10-18(25)11-13-19/h6-15,20H,1-5H3,(H,26,28)/t14-,15-,20-/m0/s1. The lowest BCUT2D eigenvalue weighted by Crippen LogP contribution is -2.43. The Morgan fingerprint density at radius 3 is 1.94 bits per heavy atom. The predicted molar refractivity (Wildman–Crippen MR) is 111 cm³/mol. The van der Waals surface area contributed by atoms with Crippen LogP contribution in [0.2, 0.25) is 0 Å². The van der Waals surface area contributed by atoms with Crippen molar-refractivity contribution in [3.63, 3.8) is 0 Å². The number of alkyl carbamates (subject to hydrolysis) is 1. The highest BCUT2D eigenvalue weighted by atomic mass is 19.1. The topological polar surface area (TPSA) is 73.9 Å². The Hall–Kier alpha value is -3.16. The van der Waals surface area contributed by atoms with Crippen LogP contribution in [0.1, 0.15) is 46.3 Å². The SMILES string of the molecule is C[C@H](NC(=O)OC(C)(C)C)C(=O)O[C@@H](C)[C@H](Oc1ccc(F)cc1)c1ccc(F)cc1. The summed E-state index contributed by atoms with van der Waals surface area (Å²) < 4.78 is 43.1. The van der Waals surface area contributed by atoms with E-state index in [2.05, 4.69) is 5.32 Å². The summed E-state index contributed by atoms with van der Waals surface area (Å²) >= 11 is 0. The molecule has 0 unspecified atom stereocenters. The van der Waals surface area contributed by atoms with E-state index in [1.807, 2.05) is 0 Å². The van der Waals surface area contributed by atoms with Gasteiger partial charge in [-0.05, 0) is 76.6 Å². The van der Waals surface area contributed by atoms with Crippen molar-refractivity contribution in [2.75, 3.05) is 0 Å². The molecule has 0 aromatic heterocycles. The Morgan fingerprint density at radius 1 is 0.903 bits per heavy atom. The van der Waals surface area contributed by atoms with Crippen LogP contribution in [0.4, 0.5) is 13.6 Å². The smallest absolute Gasteiger partial charge is 0.408 e. The van der Waals surface area contributed by atoms with Gasteiger partial charge in [-0.2, -0.15) is 0 Å². The van der Waals surface area contributed by atoms with E-state index in [1.54, 1.807) is 27.7 Å². The summed E-state index contributed by atoms with van der Waals surface area (Å²) in [5.41, 5.74) is -0.156. The van der Waals surface area contributed by atoms with Gasteiger partial charge in [0.05, 0.1) is 0 Å². The molecule has 1 N–H and O–H groups in total. The summed E-state index contributed by atoms with van der Waals surface area (Å²) in [6.07, 6.45) is -2.36. The molecule has 8 heteroatoms. The van der Waals surface area contributed by atoms with Crippen molar-refractivity contribution >= 4 is 12.1 Å². The fourth-order valence-corrected chi connectivity index (χ4v) is 2.64. The van der Waals surface area contributed by atoms with Crippen LogP contribution in [0.5, 0.6) is 5.75 Å². The Morgan fingerprint density at radius 2 is 1.42 bits per heavy atom. The highest BCUT2D eigenvalue weighted by Gasteiger charge is 2.28. The van der Waals surface area contributed by atoms with Gasteiger partial charge in [-0.25, -0.2) is 18.4 Å². The second kappa shape index (κ2) is 10.2. The van der Waals surface area contributed by atoms with Crippen LogP contribution in [-0.4, -0.2) is 29.8 Å². The monoisotopic (exact) mass is 435 g/mol. The van der Waals surface area contributed by atoms with Crippen molar-refractivity contribution in [2.45, 2.75) is 58.5 Å². The molecule has 2 aromatic carbocycles. The van der Waals surface area contributed by atoms with Crippen LogP contribution in [0, 0.1) is 11.6 Å². The van der Waals surface area contributed by atoms with E-state index in [0.29, 0.717) is 11.3 Å². The number of carbonyl (C=O) groups is 2. The molecule has 0 heterocycles. The van der Waals surface area contributed by atoms with Crippen LogP contribution in [0.3, 0.4) is 0 Å². The van der Waals surface area contributed by atoms with Crippen LogP contribution >= 0.6 is 0 Å². The molecule has 0 fully saturated rings. The average molecular weight is 435 g/mol. The minimum atomic E-state index is -0.975. The number of halogens is 2. The maximum absolute atomic E-state index is 13.4. The number of benzene rings is 2. The number of esters is 1. The predicted octanol–water partition coefficient (Wildman–Crippen LogP) is 4.93. The van der Waals surface area contributed by atoms with E-state index < -0.39 is 47.5 Å². The van der Waals surface area contributed by atoms with E-state index in [9.17, 15) is 18.4 Å². The van der Waals surface area contributed by atoms with Crippen LogP contribution in [0.15, 0.2) is 48.5 Å². The summed E-state index contributed by atoms with van der Waals surface area (Å²) in [4.78, 5) is 24.4. The summed E-state index contributed by atoms with van der Waals surface area (Å²) in [7, 11) is 0. The number of rotatable bonds is 7. The van der Waals surface area contributed by atoms with Gasteiger partial charge in [-0.1, -0.05) is 12.1 Å². The first-order chi connectivity index (χ1) is 14.4. The maximum atomic E-state index is 13.4. The number of hydrogen-bond donors (Lipinski definition) is 1. The number of nitrogens with one attached hydrogen (secondary N) is 1. The van der Waals surface area contributed by atoms with Gasteiger partial charge in [0, 0.05) is 0 Å². The van der Waals surface area contributed by atoms with Gasteiger partial charge >= 0.3 is 12.1 Å². The van der Waals surface area contributed by atoms with Crippen LogP contribution in [-0.2, 0) is 14.3 Å². The lowest BCUT2D eigenvalue weighted by Gasteiger charge is -2.27. The molecule has 0 radical (unpaired) electrons. The third-order valence-corrected chi connectivity index (χ3v) is 4.09. The molecule has 0 saturated carbocycles. The quantitative estimate of drug-likeness (QED) is 0.625. The average Bonchev–Trinajstić information content (AvgIpc) is 2.66. The molecule has 168 valence electrons. The lowest BCUT2D eigenvalue weighted by molar-refractivity contribution is -0.155. The third-order valence-electron chi connectivity index (χ3n) is 4.09. The Kier molecular flexibility index (Phi) is 7.96. The van der Waals surface area contributed by atoms with Crippen molar-refractivity contribution in [3.05, 3.63) is 65.7 Å². The Bertz CT molecular complexity index is 878. The number of ether oxygens (including phenoxy) is 3. The normalized spacial score (nSPS) is 14.2. The molecular weight excluding hydrogens is 408 g/mol. The molecular formula is C23H27F2NO5. The van der Waals surface area contributed by atoms with Gasteiger partial charge in [0.2, 0.25) is 0 Å².